The molecule has 0 aliphatic heterocycles. The van der Waals surface area contributed by atoms with Crippen molar-refractivity contribution in [3.05, 3.63) is 24.3 Å². The molecule has 0 aromatic heterocycles. The molecule has 1 unspecified atom stereocenters. The zero-order valence-electron chi connectivity index (χ0n) is 11.7. The number of aliphatic hydroxyl groups is 1. The van der Waals surface area contributed by atoms with E-state index in [-0.39, 0.29) is 19.0 Å². The van der Waals surface area contributed by atoms with E-state index < -0.39 is 6.10 Å². The number of aromatic hydroxyl groups is 1. The van der Waals surface area contributed by atoms with E-state index in [2.05, 4.69) is 13.8 Å². The number of rotatable bonds is 9. The van der Waals surface area contributed by atoms with Gasteiger partial charge in [0, 0.05) is 12.7 Å². The quantitative estimate of drug-likeness (QED) is 0.722. The van der Waals surface area contributed by atoms with Crippen molar-refractivity contribution >= 4 is 0 Å². The van der Waals surface area contributed by atoms with Crippen molar-refractivity contribution in [2.24, 2.45) is 5.92 Å². The lowest BCUT2D eigenvalue weighted by atomic mass is 10.1. The molecular formula is C15H24O4. The third-order valence-corrected chi connectivity index (χ3v) is 3.08. The lowest BCUT2D eigenvalue weighted by Crippen LogP contribution is -2.24. The second kappa shape index (κ2) is 8.77. The van der Waals surface area contributed by atoms with Crippen LogP contribution in [0.25, 0.3) is 0 Å². The zero-order valence-corrected chi connectivity index (χ0v) is 11.7. The molecule has 108 valence electrons. The van der Waals surface area contributed by atoms with E-state index in [4.69, 9.17) is 9.47 Å². The number of phenols is 1. The number of benzene rings is 1. The molecule has 0 saturated heterocycles. The summed E-state index contributed by atoms with van der Waals surface area (Å²) in [7, 11) is 0. The Morgan fingerprint density at radius 1 is 1.11 bits per heavy atom. The standard InChI is InChI=1S/C15H24O4/c1-3-12(4-2)9-18-10-14(17)11-19-15-7-5-6-13(16)8-15/h5-8,12,14,16-17H,3-4,9-11H2,1-2H3. The van der Waals surface area contributed by atoms with Crippen LogP contribution in [0.3, 0.4) is 0 Å². The summed E-state index contributed by atoms with van der Waals surface area (Å²) in [6.07, 6.45) is 1.52. The summed E-state index contributed by atoms with van der Waals surface area (Å²) in [5, 5.41) is 19.0. The van der Waals surface area contributed by atoms with Gasteiger partial charge in [0.2, 0.25) is 0 Å². The van der Waals surface area contributed by atoms with Gasteiger partial charge in [0.15, 0.2) is 0 Å². The zero-order chi connectivity index (χ0) is 14.1. The van der Waals surface area contributed by atoms with Crippen molar-refractivity contribution in [2.75, 3.05) is 19.8 Å². The maximum Gasteiger partial charge on any atom is 0.123 e. The summed E-state index contributed by atoms with van der Waals surface area (Å²) >= 11 is 0. The summed E-state index contributed by atoms with van der Waals surface area (Å²) in [5.41, 5.74) is 0. The highest BCUT2D eigenvalue weighted by Gasteiger charge is 2.08. The van der Waals surface area contributed by atoms with Crippen LogP contribution in [-0.4, -0.2) is 36.1 Å². The van der Waals surface area contributed by atoms with Crippen molar-refractivity contribution in [2.45, 2.75) is 32.8 Å². The van der Waals surface area contributed by atoms with Crippen LogP contribution >= 0.6 is 0 Å². The molecule has 0 heterocycles. The van der Waals surface area contributed by atoms with Crippen molar-refractivity contribution < 1.29 is 19.7 Å². The highest BCUT2D eigenvalue weighted by Crippen LogP contribution is 2.17. The molecule has 0 aliphatic carbocycles. The van der Waals surface area contributed by atoms with Gasteiger partial charge in [-0.2, -0.15) is 0 Å². The normalized spacial score (nSPS) is 12.6. The van der Waals surface area contributed by atoms with Crippen LogP contribution in [0.1, 0.15) is 26.7 Å². The Hall–Kier alpha value is -1.26. The van der Waals surface area contributed by atoms with Crippen LogP contribution in [0.4, 0.5) is 0 Å². The van der Waals surface area contributed by atoms with Crippen LogP contribution in [0.2, 0.25) is 0 Å². The Morgan fingerprint density at radius 2 is 1.84 bits per heavy atom. The van der Waals surface area contributed by atoms with Gasteiger partial charge in [0.1, 0.15) is 24.2 Å². The van der Waals surface area contributed by atoms with Crippen LogP contribution in [0, 0.1) is 5.92 Å². The van der Waals surface area contributed by atoms with Gasteiger partial charge in [-0.1, -0.05) is 32.8 Å². The molecule has 19 heavy (non-hydrogen) atoms. The van der Waals surface area contributed by atoms with E-state index in [1.807, 2.05) is 0 Å². The highest BCUT2D eigenvalue weighted by atomic mass is 16.5. The van der Waals surface area contributed by atoms with E-state index in [1.165, 1.54) is 6.07 Å². The van der Waals surface area contributed by atoms with Gasteiger partial charge in [0.25, 0.3) is 0 Å². The molecule has 1 atom stereocenters. The van der Waals surface area contributed by atoms with Gasteiger partial charge in [-0.3, -0.25) is 0 Å². The topological polar surface area (TPSA) is 58.9 Å². The van der Waals surface area contributed by atoms with Crippen LogP contribution in [0.5, 0.6) is 11.5 Å². The number of ether oxygens (including phenoxy) is 2. The van der Waals surface area contributed by atoms with Gasteiger partial charge in [0.05, 0.1) is 6.61 Å². The van der Waals surface area contributed by atoms with Crippen molar-refractivity contribution in [3.63, 3.8) is 0 Å². The third-order valence-electron chi connectivity index (χ3n) is 3.08. The van der Waals surface area contributed by atoms with E-state index in [9.17, 15) is 10.2 Å². The fourth-order valence-electron chi connectivity index (χ4n) is 1.71. The molecule has 1 aromatic rings. The maximum absolute atomic E-state index is 9.73. The smallest absolute Gasteiger partial charge is 0.123 e. The van der Waals surface area contributed by atoms with Crippen LogP contribution < -0.4 is 4.74 Å². The number of hydrogen-bond acceptors (Lipinski definition) is 4. The molecule has 0 radical (unpaired) electrons. The first-order valence-corrected chi connectivity index (χ1v) is 6.83. The Balaban J connectivity index is 2.19. The maximum atomic E-state index is 9.73. The van der Waals surface area contributed by atoms with Gasteiger partial charge >= 0.3 is 0 Å². The van der Waals surface area contributed by atoms with Crippen molar-refractivity contribution in [1.29, 1.82) is 0 Å². The summed E-state index contributed by atoms with van der Waals surface area (Å²) in [6.45, 7) is 5.38. The van der Waals surface area contributed by atoms with Gasteiger partial charge in [-0.15, -0.1) is 0 Å². The first-order chi connectivity index (χ1) is 9.15. The molecule has 4 nitrogen and oxygen atoms in total. The van der Waals surface area contributed by atoms with Crippen LogP contribution in [0.15, 0.2) is 24.3 Å². The molecule has 2 N–H and O–H groups in total. The second-order valence-corrected chi connectivity index (χ2v) is 4.68. The molecule has 1 rings (SSSR count). The van der Waals surface area contributed by atoms with E-state index >= 15 is 0 Å². The summed E-state index contributed by atoms with van der Waals surface area (Å²) < 4.78 is 10.8. The second-order valence-electron chi connectivity index (χ2n) is 4.68. The van der Waals surface area contributed by atoms with E-state index in [1.54, 1.807) is 18.2 Å². The van der Waals surface area contributed by atoms with Crippen LogP contribution in [-0.2, 0) is 4.74 Å². The monoisotopic (exact) mass is 268 g/mol. The van der Waals surface area contributed by atoms with Gasteiger partial charge < -0.3 is 19.7 Å². The Labute approximate surface area is 115 Å². The van der Waals surface area contributed by atoms with Gasteiger partial charge in [-0.05, 0) is 18.1 Å². The van der Waals surface area contributed by atoms with Crippen molar-refractivity contribution in [1.82, 2.24) is 0 Å². The molecule has 4 heteroatoms. The number of hydrogen-bond donors (Lipinski definition) is 2. The largest absolute Gasteiger partial charge is 0.508 e. The number of aliphatic hydroxyl groups excluding tert-OH is 1. The lowest BCUT2D eigenvalue weighted by Gasteiger charge is -2.16. The Bertz CT molecular complexity index is 350. The fourth-order valence-corrected chi connectivity index (χ4v) is 1.71. The average Bonchev–Trinajstić information content (AvgIpc) is 2.41. The molecule has 0 spiro atoms. The summed E-state index contributed by atoms with van der Waals surface area (Å²) in [4.78, 5) is 0. The number of phenolic OH excluding ortho intramolecular Hbond substituents is 1. The Kier molecular flexibility index (Phi) is 7.30. The third kappa shape index (κ3) is 6.45. The molecule has 0 saturated carbocycles. The fraction of sp³-hybridized carbons (Fsp3) is 0.600. The molecule has 1 aromatic carbocycles. The average molecular weight is 268 g/mol. The Morgan fingerprint density at radius 3 is 2.47 bits per heavy atom. The summed E-state index contributed by atoms with van der Waals surface area (Å²) in [6, 6.07) is 6.51. The summed E-state index contributed by atoms with van der Waals surface area (Å²) in [5.74, 6) is 1.25. The SMILES string of the molecule is CCC(CC)COCC(O)COc1cccc(O)c1. The predicted octanol–water partition coefficient (Wildman–Crippen LogP) is 2.58. The molecular weight excluding hydrogens is 244 g/mol. The van der Waals surface area contributed by atoms with Crippen molar-refractivity contribution in [3.8, 4) is 11.5 Å². The predicted molar refractivity (Wildman–Crippen MR) is 74.5 cm³/mol. The molecule has 0 bridgehead atoms. The van der Waals surface area contributed by atoms with E-state index in [0.717, 1.165) is 12.8 Å². The highest BCUT2D eigenvalue weighted by molar-refractivity contribution is 5.31. The minimum Gasteiger partial charge on any atom is -0.508 e. The first-order valence-electron chi connectivity index (χ1n) is 6.83. The van der Waals surface area contributed by atoms with Gasteiger partial charge in [-0.25, -0.2) is 0 Å². The molecule has 0 aliphatic rings. The van der Waals surface area contributed by atoms with E-state index in [0.29, 0.717) is 18.3 Å². The minimum atomic E-state index is -0.656. The lowest BCUT2D eigenvalue weighted by molar-refractivity contribution is -0.000394. The molecule has 0 amide bonds. The minimum absolute atomic E-state index is 0.150. The first kappa shape index (κ1) is 15.8. The molecule has 0 fully saturated rings.